The van der Waals surface area contributed by atoms with Crippen LogP contribution in [-0.2, 0) is 12.8 Å². The molecule has 1 N–H and O–H groups in total. The Morgan fingerprint density at radius 2 is 2.05 bits per heavy atom. The zero-order valence-electron chi connectivity index (χ0n) is 11.7. The number of aromatic nitrogens is 2. The van der Waals surface area contributed by atoms with E-state index in [4.69, 9.17) is 11.6 Å². The van der Waals surface area contributed by atoms with E-state index >= 15 is 0 Å². The Hall–Kier alpha value is -2.19. The van der Waals surface area contributed by atoms with Crippen molar-refractivity contribution in [1.82, 2.24) is 10.2 Å². The van der Waals surface area contributed by atoms with Crippen LogP contribution >= 0.6 is 11.6 Å². The van der Waals surface area contributed by atoms with Gasteiger partial charge in [0, 0.05) is 0 Å². The van der Waals surface area contributed by atoms with Crippen molar-refractivity contribution in [2.24, 2.45) is 0 Å². The third kappa shape index (κ3) is 3.11. The monoisotopic (exact) mass is 304 g/mol. The summed E-state index contributed by atoms with van der Waals surface area (Å²) in [6.45, 7) is 3.93. The lowest BCUT2D eigenvalue weighted by Gasteiger charge is -2.12. The summed E-state index contributed by atoms with van der Waals surface area (Å²) in [6.07, 6.45) is 1.40. The van der Waals surface area contributed by atoms with Gasteiger partial charge in [-0.1, -0.05) is 25.4 Å². The van der Waals surface area contributed by atoms with Gasteiger partial charge in [0.05, 0.1) is 16.4 Å². The molecule has 2 rings (SSSR count). The minimum absolute atomic E-state index is 0.221. The number of aryl methyl sites for hydroxylation is 1. The van der Waals surface area contributed by atoms with Crippen LogP contribution in [-0.4, -0.2) is 10.2 Å². The Morgan fingerprint density at radius 3 is 2.62 bits per heavy atom. The second kappa shape index (κ2) is 6.51. The van der Waals surface area contributed by atoms with E-state index in [2.05, 4.69) is 21.6 Å². The van der Waals surface area contributed by atoms with Crippen LogP contribution in [0.5, 0.6) is 0 Å². The van der Waals surface area contributed by atoms with Crippen LogP contribution in [0.4, 0.5) is 15.9 Å². The molecule has 2 aromatic rings. The first-order valence-electron chi connectivity index (χ1n) is 6.61. The van der Waals surface area contributed by atoms with Gasteiger partial charge >= 0.3 is 0 Å². The summed E-state index contributed by atoms with van der Waals surface area (Å²) in [5.74, 6) is -0.0900. The summed E-state index contributed by atoms with van der Waals surface area (Å²) in [5.41, 5.74) is 2.61. The highest BCUT2D eigenvalue weighted by molar-refractivity contribution is 6.33. The molecule has 0 atom stereocenters. The lowest BCUT2D eigenvalue weighted by Crippen LogP contribution is -2.07. The third-order valence-electron chi connectivity index (χ3n) is 3.14. The van der Waals surface area contributed by atoms with E-state index in [0.29, 0.717) is 29.9 Å². The standard InChI is InChI=1S/C15H14ClFN4/c1-3-10-11(8-18)15(21-20-13(10)4-2)19-14-6-5-9(17)7-12(14)16/h5-7H,3-4H2,1-2H3,(H,19,21). The van der Waals surface area contributed by atoms with Gasteiger partial charge in [-0.2, -0.15) is 10.4 Å². The molecule has 0 saturated heterocycles. The highest BCUT2D eigenvalue weighted by atomic mass is 35.5. The molecular formula is C15H14ClFN4. The average Bonchev–Trinajstić information content (AvgIpc) is 2.49. The van der Waals surface area contributed by atoms with Crippen LogP contribution in [0.1, 0.15) is 30.7 Å². The Morgan fingerprint density at radius 1 is 1.29 bits per heavy atom. The normalized spacial score (nSPS) is 10.2. The van der Waals surface area contributed by atoms with Crippen LogP contribution in [0.2, 0.25) is 5.02 Å². The first-order chi connectivity index (χ1) is 10.1. The number of hydrogen-bond donors (Lipinski definition) is 1. The molecule has 0 aliphatic heterocycles. The van der Waals surface area contributed by atoms with Crippen molar-refractivity contribution >= 4 is 23.1 Å². The topological polar surface area (TPSA) is 61.6 Å². The van der Waals surface area contributed by atoms with E-state index in [9.17, 15) is 9.65 Å². The summed E-state index contributed by atoms with van der Waals surface area (Å²) < 4.78 is 13.1. The average molecular weight is 305 g/mol. The molecule has 0 bridgehead atoms. The third-order valence-corrected chi connectivity index (χ3v) is 3.45. The molecule has 1 aromatic heterocycles. The predicted octanol–water partition coefficient (Wildman–Crippen LogP) is 4.01. The molecule has 0 spiro atoms. The van der Waals surface area contributed by atoms with Crippen LogP contribution in [0.15, 0.2) is 18.2 Å². The van der Waals surface area contributed by atoms with Gasteiger partial charge in [-0.25, -0.2) is 4.39 Å². The quantitative estimate of drug-likeness (QED) is 0.927. The first-order valence-corrected chi connectivity index (χ1v) is 6.99. The largest absolute Gasteiger partial charge is 0.336 e. The van der Waals surface area contributed by atoms with Crippen molar-refractivity contribution in [3.8, 4) is 6.07 Å². The van der Waals surface area contributed by atoms with E-state index in [1.807, 2.05) is 13.8 Å². The number of anilines is 2. The number of benzene rings is 1. The van der Waals surface area contributed by atoms with Crippen molar-refractivity contribution < 1.29 is 4.39 Å². The first kappa shape index (κ1) is 15.2. The fourth-order valence-corrected chi connectivity index (χ4v) is 2.31. The molecular weight excluding hydrogens is 291 g/mol. The molecule has 1 aromatic carbocycles. The highest BCUT2D eigenvalue weighted by Gasteiger charge is 2.15. The van der Waals surface area contributed by atoms with E-state index in [-0.39, 0.29) is 5.02 Å². The molecule has 108 valence electrons. The number of nitrogens with zero attached hydrogens (tertiary/aromatic N) is 3. The van der Waals surface area contributed by atoms with Gasteiger partial charge in [-0.05, 0) is 36.6 Å². The van der Waals surface area contributed by atoms with Gasteiger partial charge in [0.25, 0.3) is 0 Å². The van der Waals surface area contributed by atoms with Gasteiger partial charge in [-0.15, -0.1) is 5.10 Å². The molecule has 0 amide bonds. The lowest BCUT2D eigenvalue weighted by molar-refractivity contribution is 0.628. The molecule has 0 radical (unpaired) electrons. The highest BCUT2D eigenvalue weighted by Crippen LogP contribution is 2.28. The van der Waals surface area contributed by atoms with Crippen molar-refractivity contribution in [1.29, 1.82) is 5.26 Å². The summed E-state index contributed by atoms with van der Waals surface area (Å²) in [4.78, 5) is 0. The van der Waals surface area contributed by atoms with Crippen molar-refractivity contribution in [3.63, 3.8) is 0 Å². The van der Waals surface area contributed by atoms with Gasteiger partial charge in [0.15, 0.2) is 5.82 Å². The lowest BCUT2D eigenvalue weighted by atomic mass is 10.0. The van der Waals surface area contributed by atoms with Crippen LogP contribution in [0.25, 0.3) is 0 Å². The summed E-state index contributed by atoms with van der Waals surface area (Å²) >= 11 is 5.97. The van der Waals surface area contributed by atoms with E-state index in [1.54, 1.807) is 0 Å². The molecule has 0 aliphatic carbocycles. The SMILES string of the molecule is CCc1nnc(Nc2ccc(F)cc2Cl)c(C#N)c1CC. The molecule has 6 heteroatoms. The Labute approximate surface area is 127 Å². The van der Waals surface area contributed by atoms with Crippen LogP contribution < -0.4 is 5.32 Å². The smallest absolute Gasteiger partial charge is 0.171 e. The minimum atomic E-state index is -0.423. The van der Waals surface area contributed by atoms with Crippen LogP contribution in [0.3, 0.4) is 0 Å². The van der Waals surface area contributed by atoms with Gasteiger partial charge in [0.2, 0.25) is 0 Å². The maximum atomic E-state index is 13.1. The Kier molecular flexibility index (Phi) is 4.71. The number of nitrogens with one attached hydrogen (secondary N) is 1. The van der Waals surface area contributed by atoms with Gasteiger partial charge in [0.1, 0.15) is 17.4 Å². The summed E-state index contributed by atoms with van der Waals surface area (Å²) in [6, 6.07) is 6.14. The predicted molar refractivity (Wildman–Crippen MR) is 80.2 cm³/mol. The fourth-order valence-electron chi connectivity index (χ4n) is 2.10. The molecule has 0 saturated carbocycles. The van der Waals surface area contributed by atoms with Gasteiger partial charge in [-0.3, -0.25) is 0 Å². The molecule has 0 unspecified atom stereocenters. The maximum absolute atomic E-state index is 13.1. The minimum Gasteiger partial charge on any atom is -0.336 e. The zero-order chi connectivity index (χ0) is 15.4. The van der Waals surface area contributed by atoms with E-state index < -0.39 is 5.82 Å². The van der Waals surface area contributed by atoms with Crippen LogP contribution in [0, 0.1) is 17.1 Å². The number of nitriles is 1. The maximum Gasteiger partial charge on any atom is 0.171 e. The second-order valence-corrected chi connectivity index (χ2v) is 4.82. The van der Waals surface area contributed by atoms with Gasteiger partial charge < -0.3 is 5.32 Å². The molecule has 4 nitrogen and oxygen atoms in total. The number of hydrogen-bond acceptors (Lipinski definition) is 4. The molecule has 21 heavy (non-hydrogen) atoms. The summed E-state index contributed by atoms with van der Waals surface area (Å²) in [5, 5.41) is 20.8. The molecule has 0 aliphatic rings. The summed E-state index contributed by atoms with van der Waals surface area (Å²) in [7, 11) is 0. The van der Waals surface area contributed by atoms with Crippen molar-refractivity contribution in [3.05, 3.63) is 45.9 Å². The van der Waals surface area contributed by atoms with E-state index in [0.717, 1.165) is 11.3 Å². The van der Waals surface area contributed by atoms with Crippen molar-refractivity contribution in [2.75, 3.05) is 5.32 Å². The van der Waals surface area contributed by atoms with E-state index in [1.165, 1.54) is 18.2 Å². The Balaban J connectivity index is 2.47. The Bertz CT molecular complexity index is 710. The second-order valence-electron chi connectivity index (χ2n) is 4.42. The number of rotatable bonds is 4. The fraction of sp³-hybridized carbons (Fsp3) is 0.267. The molecule has 0 fully saturated rings. The zero-order valence-corrected chi connectivity index (χ0v) is 12.5. The number of halogens is 2. The molecule has 1 heterocycles. The van der Waals surface area contributed by atoms with Crippen molar-refractivity contribution in [2.45, 2.75) is 26.7 Å².